The van der Waals surface area contributed by atoms with Gasteiger partial charge in [0.2, 0.25) is 0 Å². The Labute approximate surface area is 193 Å². The fraction of sp³-hybridized carbons (Fsp3) is 0.476. The number of fused-ring (bicyclic) bond motifs is 1. The molecule has 2 fully saturated rings. The Morgan fingerprint density at radius 3 is 2.48 bits per heavy atom. The fourth-order valence-corrected chi connectivity index (χ4v) is 4.84. The molecule has 1 aromatic carbocycles. The average molecular weight is 538 g/mol. The summed E-state index contributed by atoms with van der Waals surface area (Å²) in [5.74, 6) is 0.467. The van der Waals surface area contributed by atoms with Crippen LogP contribution in [-0.4, -0.2) is 57.6 Å². The van der Waals surface area contributed by atoms with E-state index >= 15 is 0 Å². The number of aliphatic hydroxyl groups excluding tert-OH is 1. The molecule has 2 aliphatic heterocycles. The molecule has 8 nitrogen and oxygen atoms in total. The van der Waals surface area contributed by atoms with Crippen molar-refractivity contribution in [3.63, 3.8) is 0 Å². The summed E-state index contributed by atoms with van der Waals surface area (Å²) >= 11 is 2.17. The highest BCUT2D eigenvalue weighted by Gasteiger charge is 2.26. The van der Waals surface area contributed by atoms with Crippen LogP contribution in [0.15, 0.2) is 24.3 Å². The van der Waals surface area contributed by atoms with Crippen LogP contribution < -0.4 is 9.80 Å². The van der Waals surface area contributed by atoms with Crippen LogP contribution in [0.1, 0.15) is 31.2 Å². The first kappa shape index (κ1) is 20.8. The molecule has 2 saturated heterocycles. The number of anilines is 2. The molecule has 31 heavy (non-hydrogen) atoms. The van der Waals surface area contributed by atoms with Crippen molar-refractivity contribution < 1.29 is 14.2 Å². The van der Waals surface area contributed by atoms with Crippen LogP contribution in [0.5, 0.6) is 0 Å². The standard InChI is InChI=1S/C21H24FIN6O2/c22-14-4-6-15(7-5-14)27-8-10-28(11-9-27)20-16(13-30)24-18-19(23)26-29(21(18)25-20)17-3-1-2-12-31-17/h4-7,17,30H,1-3,8-13H2. The van der Waals surface area contributed by atoms with Crippen LogP contribution in [0.2, 0.25) is 0 Å². The molecule has 0 saturated carbocycles. The third kappa shape index (κ3) is 4.08. The number of benzene rings is 1. The minimum atomic E-state index is -0.230. The van der Waals surface area contributed by atoms with Crippen LogP contribution in [0.25, 0.3) is 11.2 Å². The quantitative estimate of drug-likeness (QED) is 0.512. The van der Waals surface area contributed by atoms with Gasteiger partial charge >= 0.3 is 0 Å². The van der Waals surface area contributed by atoms with Gasteiger partial charge in [-0.15, -0.1) is 0 Å². The van der Waals surface area contributed by atoms with Crippen molar-refractivity contribution in [2.24, 2.45) is 0 Å². The zero-order valence-electron chi connectivity index (χ0n) is 17.0. The van der Waals surface area contributed by atoms with E-state index in [1.807, 2.05) is 4.68 Å². The molecule has 0 radical (unpaired) electrons. The van der Waals surface area contributed by atoms with Gasteiger partial charge in [0.05, 0.1) is 6.61 Å². The molecule has 3 aromatic rings. The summed E-state index contributed by atoms with van der Waals surface area (Å²) < 4.78 is 21.8. The van der Waals surface area contributed by atoms with Gasteiger partial charge in [-0.05, 0) is 66.1 Å². The highest BCUT2D eigenvalue weighted by Crippen LogP contribution is 2.30. The van der Waals surface area contributed by atoms with Crippen LogP contribution >= 0.6 is 22.6 Å². The van der Waals surface area contributed by atoms with Crippen LogP contribution in [0.3, 0.4) is 0 Å². The predicted octanol–water partition coefficient (Wildman–Crippen LogP) is 3.09. The monoisotopic (exact) mass is 538 g/mol. The fourth-order valence-electron chi connectivity index (χ4n) is 4.25. The van der Waals surface area contributed by atoms with Crippen molar-refractivity contribution in [1.29, 1.82) is 0 Å². The Morgan fingerprint density at radius 1 is 1.06 bits per heavy atom. The number of nitrogens with zero attached hydrogens (tertiary/aromatic N) is 6. The first-order chi connectivity index (χ1) is 15.1. The second kappa shape index (κ2) is 8.83. The summed E-state index contributed by atoms with van der Waals surface area (Å²) in [5, 5.41) is 14.6. The van der Waals surface area contributed by atoms with Crippen molar-refractivity contribution in [3.05, 3.63) is 39.5 Å². The van der Waals surface area contributed by atoms with Gasteiger partial charge in [0.25, 0.3) is 0 Å². The Hall–Kier alpha value is -2.05. The van der Waals surface area contributed by atoms with Gasteiger partial charge in [0.15, 0.2) is 21.4 Å². The largest absolute Gasteiger partial charge is 0.390 e. The second-order valence-corrected chi connectivity index (χ2v) is 8.85. The zero-order valence-corrected chi connectivity index (χ0v) is 19.2. The number of hydrogen-bond donors (Lipinski definition) is 1. The van der Waals surface area contributed by atoms with Crippen molar-refractivity contribution in [1.82, 2.24) is 19.7 Å². The molecule has 2 aliphatic rings. The Bertz CT molecular complexity index is 1060. The molecule has 10 heteroatoms. The molecule has 1 unspecified atom stereocenters. The van der Waals surface area contributed by atoms with Crippen molar-refractivity contribution in [2.75, 3.05) is 42.6 Å². The summed E-state index contributed by atoms with van der Waals surface area (Å²) in [5.41, 5.74) is 2.97. The van der Waals surface area contributed by atoms with E-state index < -0.39 is 0 Å². The first-order valence-corrected chi connectivity index (χ1v) is 11.6. The number of ether oxygens (including phenoxy) is 1. The molecular formula is C21H24FIN6O2. The molecule has 0 aliphatic carbocycles. The highest BCUT2D eigenvalue weighted by molar-refractivity contribution is 14.1. The number of piperazine rings is 1. The number of hydrogen-bond acceptors (Lipinski definition) is 7. The third-order valence-electron chi connectivity index (χ3n) is 5.89. The minimum Gasteiger partial charge on any atom is -0.390 e. The molecule has 0 spiro atoms. The lowest BCUT2D eigenvalue weighted by atomic mass is 10.2. The topological polar surface area (TPSA) is 79.5 Å². The molecule has 5 rings (SSSR count). The normalized spacial score (nSPS) is 19.9. The number of aromatic nitrogens is 4. The molecule has 164 valence electrons. The third-order valence-corrected chi connectivity index (χ3v) is 6.61. The molecular weight excluding hydrogens is 514 g/mol. The van der Waals surface area contributed by atoms with Crippen LogP contribution in [0.4, 0.5) is 15.9 Å². The van der Waals surface area contributed by atoms with Crippen LogP contribution in [-0.2, 0) is 11.3 Å². The number of rotatable bonds is 4. The maximum Gasteiger partial charge on any atom is 0.182 e. The Balaban J connectivity index is 1.43. The minimum absolute atomic E-state index is 0.128. The molecule has 1 atom stereocenters. The van der Waals surface area contributed by atoms with Gasteiger partial charge in [0.1, 0.15) is 17.0 Å². The second-order valence-electron chi connectivity index (χ2n) is 7.83. The molecule has 1 N–H and O–H groups in total. The van der Waals surface area contributed by atoms with E-state index in [1.165, 1.54) is 12.1 Å². The Morgan fingerprint density at radius 2 is 1.81 bits per heavy atom. The van der Waals surface area contributed by atoms with E-state index in [9.17, 15) is 9.50 Å². The molecule has 0 bridgehead atoms. The van der Waals surface area contributed by atoms with Gasteiger partial charge in [-0.1, -0.05) is 0 Å². The van der Waals surface area contributed by atoms with Gasteiger partial charge in [-0.3, -0.25) is 0 Å². The smallest absolute Gasteiger partial charge is 0.182 e. The number of halogens is 2. The van der Waals surface area contributed by atoms with E-state index in [1.54, 1.807) is 12.1 Å². The maximum atomic E-state index is 13.2. The van der Waals surface area contributed by atoms with Crippen molar-refractivity contribution in [3.8, 4) is 0 Å². The Kier molecular flexibility index (Phi) is 5.93. The van der Waals surface area contributed by atoms with Gasteiger partial charge in [0, 0.05) is 38.5 Å². The molecule has 4 heterocycles. The van der Waals surface area contributed by atoms with Gasteiger partial charge in [-0.25, -0.2) is 19.0 Å². The lowest BCUT2D eigenvalue weighted by molar-refractivity contribution is -0.0372. The van der Waals surface area contributed by atoms with E-state index in [4.69, 9.17) is 14.7 Å². The first-order valence-electron chi connectivity index (χ1n) is 10.6. The van der Waals surface area contributed by atoms with Gasteiger partial charge in [-0.2, -0.15) is 5.10 Å². The summed E-state index contributed by atoms with van der Waals surface area (Å²) in [6.07, 6.45) is 2.94. The highest BCUT2D eigenvalue weighted by atomic mass is 127. The summed E-state index contributed by atoms with van der Waals surface area (Å²) in [7, 11) is 0. The molecule has 0 amide bonds. The van der Waals surface area contributed by atoms with Crippen molar-refractivity contribution >= 4 is 45.3 Å². The van der Waals surface area contributed by atoms with E-state index in [-0.39, 0.29) is 18.7 Å². The lowest BCUT2D eigenvalue weighted by Crippen LogP contribution is -2.47. The van der Waals surface area contributed by atoms with Gasteiger partial charge < -0.3 is 19.6 Å². The summed E-state index contributed by atoms with van der Waals surface area (Å²) in [6, 6.07) is 6.59. The van der Waals surface area contributed by atoms with E-state index in [2.05, 4.69) is 37.5 Å². The molecule has 2 aromatic heterocycles. The SMILES string of the molecule is OCc1nc2c(I)nn(C3CCCCO3)c2nc1N1CCN(c2ccc(F)cc2)CC1. The van der Waals surface area contributed by atoms with Crippen molar-refractivity contribution in [2.45, 2.75) is 32.1 Å². The maximum absolute atomic E-state index is 13.2. The summed E-state index contributed by atoms with van der Waals surface area (Å²) in [4.78, 5) is 14.0. The summed E-state index contributed by atoms with van der Waals surface area (Å²) in [6.45, 7) is 3.56. The van der Waals surface area contributed by atoms with Crippen LogP contribution in [0, 0.1) is 9.52 Å². The number of aliphatic hydroxyl groups is 1. The lowest BCUT2D eigenvalue weighted by Gasteiger charge is -2.37. The van der Waals surface area contributed by atoms with E-state index in [0.29, 0.717) is 22.7 Å². The zero-order chi connectivity index (χ0) is 21.4. The average Bonchev–Trinajstić information content (AvgIpc) is 3.15. The van der Waals surface area contributed by atoms with E-state index in [0.717, 1.165) is 61.4 Å². The predicted molar refractivity (Wildman–Crippen MR) is 124 cm³/mol.